The zero-order valence-corrected chi connectivity index (χ0v) is 11.3. The summed E-state index contributed by atoms with van der Waals surface area (Å²) < 4.78 is 6.67. The maximum atomic E-state index is 12.1. The maximum absolute atomic E-state index is 12.1. The Morgan fingerprint density at radius 1 is 1.43 bits per heavy atom. The molecule has 1 fully saturated rings. The SMILES string of the molecule is Cc1ccn2c(NC(=O)c3cc(C4CC4)no3)nnc2n1. The monoisotopic (exact) mass is 284 g/mol. The van der Waals surface area contributed by atoms with Gasteiger partial charge in [-0.3, -0.25) is 14.5 Å². The zero-order valence-electron chi connectivity index (χ0n) is 11.3. The Kier molecular flexibility index (Phi) is 2.50. The summed E-state index contributed by atoms with van der Waals surface area (Å²) in [5, 5.41) is 14.4. The van der Waals surface area contributed by atoms with Gasteiger partial charge in [0.15, 0.2) is 0 Å². The van der Waals surface area contributed by atoms with Crippen LogP contribution in [-0.2, 0) is 0 Å². The van der Waals surface area contributed by atoms with Crippen LogP contribution in [0.2, 0.25) is 0 Å². The van der Waals surface area contributed by atoms with Crippen molar-refractivity contribution in [2.75, 3.05) is 5.32 Å². The lowest BCUT2D eigenvalue weighted by Crippen LogP contribution is -2.13. The Morgan fingerprint density at radius 2 is 2.29 bits per heavy atom. The minimum Gasteiger partial charge on any atom is -0.351 e. The van der Waals surface area contributed by atoms with Crippen molar-refractivity contribution in [3.8, 4) is 0 Å². The van der Waals surface area contributed by atoms with Crippen molar-refractivity contribution >= 4 is 17.6 Å². The number of anilines is 1. The molecule has 4 rings (SSSR count). The van der Waals surface area contributed by atoms with Crippen molar-refractivity contribution in [1.82, 2.24) is 24.7 Å². The predicted octanol–water partition coefficient (Wildman–Crippen LogP) is 1.55. The molecule has 0 unspecified atom stereocenters. The van der Waals surface area contributed by atoms with Crippen LogP contribution >= 0.6 is 0 Å². The smallest absolute Gasteiger partial charge is 0.296 e. The Morgan fingerprint density at radius 3 is 3.10 bits per heavy atom. The molecule has 0 radical (unpaired) electrons. The van der Waals surface area contributed by atoms with Gasteiger partial charge in [-0.15, -0.1) is 10.2 Å². The van der Waals surface area contributed by atoms with E-state index in [0.717, 1.165) is 24.2 Å². The predicted molar refractivity (Wildman–Crippen MR) is 72.0 cm³/mol. The second kappa shape index (κ2) is 4.37. The topological polar surface area (TPSA) is 98.2 Å². The molecule has 1 aliphatic carbocycles. The molecular formula is C13H12N6O2. The van der Waals surface area contributed by atoms with E-state index in [1.807, 2.05) is 13.0 Å². The van der Waals surface area contributed by atoms with Crippen molar-refractivity contribution in [2.24, 2.45) is 0 Å². The fourth-order valence-electron chi connectivity index (χ4n) is 2.09. The summed E-state index contributed by atoms with van der Waals surface area (Å²) in [6, 6.07) is 3.49. The van der Waals surface area contributed by atoms with E-state index in [9.17, 15) is 4.79 Å². The first-order valence-electron chi connectivity index (χ1n) is 6.67. The minimum atomic E-state index is -0.399. The van der Waals surface area contributed by atoms with E-state index in [4.69, 9.17) is 4.52 Å². The van der Waals surface area contributed by atoms with Crippen LogP contribution in [-0.4, -0.2) is 30.6 Å². The third-order valence-corrected chi connectivity index (χ3v) is 3.39. The molecule has 21 heavy (non-hydrogen) atoms. The molecule has 106 valence electrons. The summed E-state index contributed by atoms with van der Waals surface area (Å²) in [5.41, 5.74) is 1.67. The van der Waals surface area contributed by atoms with Gasteiger partial charge < -0.3 is 4.52 Å². The highest BCUT2D eigenvalue weighted by Crippen LogP contribution is 2.39. The van der Waals surface area contributed by atoms with Gasteiger partial charge in [0.1, 0.15) is 0 Å². The van der Waals surface area contributed by atoms with E-state index in [1.54, 1.807) is 16.7 Å². The summed E-state index contributed by atoms with van der Waals surface area (Å²) in [6.45, 7) is 1.86. The van der Waals surface area contributed by atoms with Gasteiger partial charge in [-0.2, -0.15) is 0 Å². The third kappa shape index (κ3) is 2.14. The highest BCUT2D eigenvalue weighted by molar-refractivity contribution is 6.01. The van der Waals surface area contributed by atoms with Gasteiger partial charge in [-0.05, 0) is 25.8 Å². The van der Waals surface area contributed by atoms with Crippen LogP contribution in [0.15, 0.2) is 22.9 Å². The fourth-order valence-corrected chi connectivity index (χ4v) is 2.09. The first-order valence-corrected chi connectivity index (χ1v) is 6.67. The van der Waals surface area contributed by atoms with Crippen LogP contribution in [0, 0.1) is 6.92 Å². The fraction of sp³-hybridized carbons (Fsp3) is 0.308. The number of aromatic nitrogens is 5. The lowest BCUT2D eigenvalue weighted by atomic mass is 10.2. The van der Waals surface area contributed by atoms with E-state index in [1.165, 1.54) is 0 Å². The van der Waals surface area contributed by atoms with Gasteiger partial charge in [0, 0.05) is 23.9 Å². The van der Waals surface area contributed by atoms with E-state index in [2.05, 4.69) is 25.7 Å². The van der Waals surface area contributed by atoms with Gasteiger partial charge in [0.2, 0.25) is 11.7 Å². The van der Waals surface area contributed by atoms with Crippen molar-refractivity contribution in [3.63, 3.8) is 0 Å². The Hall–Kier alpha value is -2.77. The molecule has 0 spiro atoms. The Bertz CT molecular complexity index is 832. The van der Waals surface area contributed by atoms with Crippen molar-refractivity contribution < 1.29 is 9.32 Å². The average molecular weight is 284 g/mol. The number of nitrogens with one attached hydrogen (secondary N) is 1. The molecule has 1 amide bonds. The zero-order chi connectivity index (χ0) is 14.4. The van der Waals surface area contributed by atoms with Crippen molar-refractivity contribution in [1.29, 1.82) is 0 Å². The van der Waals surface area contributed by atoms with Crippen LogP contribution in [0.4, 0.5) is 5.95 Å². The molecule has 8 heteroatoms. The van der Waals surface area contributed by atoms with Gasteiger partial charge in [0.05, 0.1) is 5.69 Å². The number of carbonyl (C=O) groups excluding carboxylic acids is 1. The van der Waals surface area contributed by atoms with Crippen LogP contribution in [0.1, 0.15) is 40.7 Å². The van der Waals surface area contributed by atoms with E-state index in [0.29, 0.717) is 17.6 Å². The van der Waals surface area contributed by atoms with Gasteiger partial charge in [0.25, 0.3) is 11.7 Å². The summed E-state index contributed by atoms with van der Waals surface area (Å²) in [5.74, 6) is 0.947. The molecule has 0 bridgehead atoms. The molecule has 1 saturated carbocycles. The standard InChI is InChI=1S/C13H12N6O2/c1-7-4-5-19-12(14-7)16-17-13(19)15-11(20)10-6-9(18-21-10)8-2-3-8/h4-6,8H,2-3H2,1H3,(H,15,17,20). The first-order chi connectivity index (χ1) is 10.2. The molecule has 0 saturated heterocycles. The molecule has 8 nitrogen and oxygen atoms in total. The number of fused-ring (bicyclic) bond motifs is 1. The lowest BCUT2D eigenvalue weighted by Gasteiger charge is -2.00. The molecule has 1 N–H and O–H groups in total. The second-order valence-electron chi connectivity index (χ2n) is 5.11. The number of aryl methyl sites for hydroxylation is 1. The second-order valence-corrected chi connectivity index (χ2v) is 5.11. The maximum Gasteiger partial charge on any atom is 0.296 e. The number of nitrogens with zero attached hydrogens (tertiary/aromatic N) is 5. The third-order valence-electron chi connectivity index (χ3n) is 3.39. The lowest BCUT2D eigenvalue weighted by molar-refractivity contribution is 0.0987. The Labute approximate surface area is 119 Å². The summed E-state index contributed by atoms with van der Waals surface area (Å²) in [6.07, 6.45) is 3.96. The van der Waals surface area contributed by atoms with Gasteiger partial charge in [-0.25, -0.2) is 4.98 Å². The van der Waals surface area contributed by atoms with E-state index >= 15 is 0 Å². The number of carbonyl (C=O) groups is 1. The molecule has 1 aliphatic rings. The highest BCUT2D eigenvalue weighted by Gasteiger charge is 2.28. The minimum absolute atomic E-state index is 0.175. The van der Waals surface area contributed by atoms with Gasteiger partial charge >= 0.3 is 0 Å². The average Bonchev–Trinajstić information content (AvgIpc) is 3.07. The van der Waals surface area contributed by atoms with Crippen LogP contribution in [0.3, 0.4) is 0 Å². The van der Waals surface area contributed by atoms with Crippen molar-refractivity contribution in [3.05, 3.63) is 35.5 Å². The molecule has 0 atom stereocenters. The Balaban J connectivity index is 1.59. The largest absolute Gasteiger partial charge is 0.351 e. The molecule has 0 aliphatic heterocycles. The number of hydrogen-bond donors (Lipinski definition) is 1. The summed E-state index contributed by atoms with van der Waals surface area (Å²) >= 11 is 0. The van der Waals surface area contributed by atoms with Crippen LogP contribution in [0.25, 0.3) is 5.78 Å². The first kappa shape index (κ1) is 12.0. The summed E-state index contributed by atoms with van der Waals surface area (Å²) in [7, 11) is 0. The molecule has 3 aromatic rings. The van der Waals surface area contributed by atoms with E-state index in [-0.39, 0.29) is 5.76 Å². The molecule has 0 aromatic carbocycles. The number of amides is 1. The normalized spacial score (nSPS) is 14.5. The molecular weight excluding hydrogens is 272 g/mol. The number of hydrogen-bond acceptors (Lipinski definition) is 6. The highest BCUT2D eigenvalue weighted by atomic mass is 16.5. The van der Waals surface area contributed by atoms with Gasteiger partial charge in [-0.1, -0.05) is 5.16 Å². The van der Waals surface area contributed by atoms with Crippen LogP contribution in [0.5, 0.6) is 0 Å². The summed E-state index contributed by atoms with van der Waals surface area (Å²) in [4.78, 5) is 16.3. The molecule has 3 aromatic heterocycles. The van der Waals surface area contributed by atoms with E-state index < -0.39 is 5.91 Å². The van der Waals surface area contributed by atoms with Crippen molar-refractivity contribution in [2.45, 2.75) is 25.7 Å². The quantitative estimate of drug-likeness (QED) is 0.783. The van der Waals surface area contributed by atoms with Crippen LogP contribution < -0.4 is 5.32 Å². The molecule has 3 heterocycles. The number of rotatable bonds is 3.